The predicted octanol–water partition coefficient (Wildman–Crippen LogP) is 6.12. The average molecular weight is 410 g/mol. The van der Waals surface area contributed by atoms with E-state index < -0.39 is 0 Å². The smallest absolute Gasteiger partial charge is 0.202 e. The maximum Gasteiger partial charge on any atom is 0.202 e. The minimum Gasteiger partial charge on any atom is -0.494 e. The Hall–Kier alpha value is -2.20. The molecule has 2 aliphatic rings. The summed E-state index contributed by atoms with van der Waals surface area (Å²) in [5.41, 5.74) is 5.39. The van der Waals surface area contributed by atoms with E-state index in [1.807, 2.05) is 36.4 Å². The number of aromatic hydroxyl groups is 2. The van der Waals surface area contributed by atoms with E-state index in [-0.39, 0.29) is 23.6 Å². The van der Waals surface area contributed by atoms with Crippen molar-refractivity contribution in [1.82, 2.24) is 4.57 Å². The zero-order chi connectivity index (χ0) is 18.2. The van der Waals surface area contributed by atoms with E-state index in [9.17, 15) is 10.2 Å². The number of nitrogens with zero attached hydrogens (tertiary/aromatic N) is 1. The molecule has 0 aliphatic heterocycles. The minimum absolute atomic E-state index is 0.191. The highest BCUT2D eigenvalue weighted by molar-refractivity contribution is 9.10. The Morgan fingerprint density at radius 1 is 0.923 bits per heavy atom. The lowest BCUT2D eigenvalue weighted by atomic mass is 9.95. The second-order valence-corrected chi connectivity index (χ2v) is 8.41. The molecule has 0 spiro atoms. The molecule has 0 saturated heterocycles. The Labute approximate surface area is 160 Å². The zero-order valence-electron chi connectivity index (χ0n) is 14.8. The summed E-state index contributed by atoms with van der Waals surface area (Å²) < 4.78 is 2.63. The molecular weight excluding hydrogens is 390 g/mol. The van der Waals surface area contributed by atoms with Crippen LogP contribution < -0.4 is 0 Å². The first-order chi connectivity index (χ1) is 12.5. The lowest BCUT2D eigenvalue weighted by Gasteiger charge is -2.15. The number of rotatable bonds is 1. The summed E-state index contributed by atoms with van der Waals surface area (Å²) in [6, 6.07) is 12.0. The molecule has 2 N–H and O–H groups in total. The molecule has 3 aromatic rings. The normalized spacial score (nSPS) is 20.8. The van der Waals surface area contributed by atoms with Crippen molar-refractivity contribution < 1.29 is 10.2 Å². The minimum atomic E-state index is 0.191. The molecule has 2 aliphatic carbocycles. The molecule has 4 heteroatoms. The molecule has 26 heavy (non-hydrogen) atoms. The third-order valence-corrected chi connectivity index (χ3v) is 6.74. The number of allylic oxidation sites excluding steroid dienone is 2. The highest BCUT2D eigenvalue weighted by Crippen LogP contribution is 2.64. The summed E-state index contributed by atoms with van der Waals surface area (Å²) in [6.45, 7) is 4.27. The second-order valence-electron chi connectivity index (χ2n) is 7.56. The maximum absolute atomic E-state index is 11.1. The van der Waals surface area contributed by atoms with Crippen molar-refractivity contribution in [2.24, 2.45) is 0 Å². The highest BCUT2D eigenvalue weighted by atomic mass is 79.9. The van der Waals surface area contributed by atoms with E-state index in [0.717, 1.165) is 44.9 Å². The summed E-state index contributed by atoms with van der Waals surface area (Å²) in [5.74, 6) is 0.870. The average Bonchev–Trinajstić information content (AvgIpc) is 3.27. The monoisotopic (exact) mass is 409 g/mol. The zero-order valence-corrected chi connectivity index (χ0v) is 16.3. The quantitative estimate of drug-likeness (QED) is 0.475. The summed E-state index contributed by atoms with van der Waals surface area (Å²) in [4.78, 5) is 0. The van der Waals surface area contributed by atoms with Crippen molar-refractivity contribution in [3.8, 4) is 17.4 Å². The first-order valence-electron chi connectivity index (χ1n) is 9.02. The summed E-state index contributed by atoms with van der Waals surface area (Å²) in [5, 5.41) is 24.3. The summed E-state index contributed by atoms with van der Waals surface area (Å²) >= 11 is 3.60. The van der Waals surface area contributed by atoms with E-state index in [0.29, 0.717) is 0 Å². The van der Waals surface area contributed by atoms with Gasteiger partial charge in [0.25, 0.3) is 0 Å². The molecular formula is C22H20BrNO2. The Kier molecular flexibility index (Phi) is 3.32. The molecule has 132 valence electrons. The Balaban J connectivity index is 1.81. The summed E-state index contributed by atoms with van der Waals surface area (Å²) in [7, 11) is 0. The van der Waals surface area contributed by atoms with Gasteiger partial charge in [0, 0.05) is 32.8 Å². The maximum atomic E-state index is 11.1. The van der Waals surface area contributed by atoms with Crippen molar-refractivity contribution in [2.75, 3.05) is 0 Å². The number of aromatic nitrogens is 1. The fourth-order valence-electron chi connectivity index (χ4n) is 5.12. The molecule has 5 rings (SSSR count). The van der Waals surface area contributed by atoms with Crippen LogP contribution in [0.5, 0.6) is 11.8 Å². The molecule has 1 heterocycles. The first-order valence-corrected chi connectivity index (χ1v) is 9.81. The van der Waals surface area contributed by atoms with Crippen molar-refractivity contribution in [2.45, 2.75) is 38.5 Å². The van der Waals surface area contributed by atoms with Gasteiger partial charge in [0.05, 0.1) is 5.69 Å². The molecule has 2 bridgehead atoms. The Bertz CT molecular complexity index is 1070. The molecule has 3 nitrogen and oxygen atoms in total. The van der Waals surface area contributed by atoms with Gasteiger partial charge in [-0.25, -0.2) is 0 Å². The number of hydrogen-bond acceptors (Lipinski definition) is 2. The van der Waals surface area contributed by atoms with Crippen LogP contribution in [0.1, 0.15) is 49.7 Å². The van der Waals surface area contributed by atoms with Gasteiger partial charge in [-0.3, -0.25) is 4.57 Å². The predicted molar refractivity (Wildman–Crippen MR) is 107 cm³/mol. The van der Waals surface area contributed by atoms with Crippen LogP contribution in [0.2, 0.25) is 0 Å². The topological polar surface area (TPSA) is 45.4 Å². The van der Waals surface area contributed by atoms with Gasteiger partial charge in [-0.1, -0.05) is 51.3 Å². The number of halogens is 1. The van der Waals surface area contributed by atoms with Crippen LogP contribution in [0.25, 0.3) is 16.5 Å². The van der Waals surface area contributed by atoms with Gasteiger partial charge in [0.1, 0.15) is 0 Å². The second kappa shape index (κ2) is 5.40. The molecule has 0 unspecified atom stereocenters. The number of benzene rings is 2. The number of fused-ring (bicyclic) bond motifs is 6. The van der Waals surface area contributed by atoms with Crippen LogP contribution in [0.15, 0.2) is 52.0 Å². The van der Waals surface area contributed by atoms with Crippen molar-refractivity contribution in [3.63, 3.8) is 0 Å². The van der Waals surface area contributed by atoms with Crippen LogP contribution in [0, 0.1) is 0 Å². The van der Waals surface area contributed by atoms with Gasteiger partial charge in [-0.2, -0.15) is 0 Å². The Morgan fingerprint density at radius 3 is 2.08 bits per heavy atom. The molecule has 1 aromatic heterocycles. The van der Waals surface area contributed by atoms with Gasteiger partial charge in [-0.05, 0) is 44.2 Å². The molecule has 1 saturated carbocycles. The van der Waals surface area contributed by atoms with Gasteiger partial charge >= 0.3 is 0 Å². The van der Waals surface area contributed by atoms with Gasteiger partial charge < -0.3 is 10.2 Å². The van der Waals surface area contributed by atoms with Crippen LogP contribution in [0.4, 0.5) is 0 Å². The van der Waals surface area contributed by atoms with E-state index in [1.54, 1.807) is 4.57 Å². The SMILES string of the molecule is CC(C)=C1[C@H]2CC[C@@H]1c1c2c(O)n(-c2ccc(Br)c3ccccc23)c1O. The molecule has 2 aromatic carbocycles. The standard InChI is InChI=1S/C22H20BrNO2/c1-11(2)18-14-7-8-15(18)20-19(14)21(25)24(22(20)26)17-10-9-16(23)12-5-3-4-6-13(12)17/h3-6,9-10,14-15,25-26H,7-8H2,1-2H3/t14-,15+. The fourth-order valence-corrected chi connectivity index (χ4v) is 5.60. The third kappa shape index (κ3) is 1.88. The van der Waals surface area contributed by atoms with E-state index in [4.69, 9.17) is 0 Å². The van der Waals surface area contributed by atoms with Gasteiger partial charge in [0.15, 0.2) is 0 Å². The van der Waals surface area contributed by atoms with Crippen molar-refractivity contribution in [1.29, 1.82) is 0 Å². The van der Waals surface area contributed by atoms with Gasteiger partial charge in [0.2, 0.25) is 11.8 Å². The molecule has 2 atom stereocenters. The van der Waals surface area contributed by atoms with E-state index in [1.165, 1.54) is 11.1 Å². The van der Waals surface area contributed by atoms with Crippen LogP contribution in [-0.2, 0) is 0 Å². The molecule has 0 radical (unpaired) electrons. The van der Waals surface area contributed by atoms with E-state index in [2.05, 4.69) is 29.8 Å². The van der Waals surface area contributed by atoms with Crippen LogP contribution in [-0.4, -0.2) is 14.8 Å². The fraction of sp³-hybridized carbons (Fsp3) is 0.273. The summed E-state index contributed by atoms with van der Waals surface area (Å²) in [6.07, 6.45) is 2.10. The van der Waals surface area contributed by atoms with Gasteiger partial charge in [-0.15, -0.1) is 0 Å². The first kappa shape index (κ1) is 16.0. The lowest BCUT2D eigenvalue weighted by Crippen LogP contribution is -1.98. The largest absolute Gasteiger partial charge is 0.494 e. The van der Waals surface area contributed by atoms with Crippen LogP contribution >= 0.6 is 15.9 Å². The lowest BCUT2D eigenvalue weighted by molar-refractivity contribution is 0.397. The van der Waals surface area contributed by atoms with Crippen molar-refractivity contribution >= 4 is 26.7 Å². The van der Waals surface area contributed by atoms with E-state index >= 15 is 0 Å². The van der Waals surface area contributed by atoms with Crippen LogP contribution in [0.3, 0.4) is 0 Å². The van der Waals surface area contributed by atoms with Crippen molar-refractivity contribution in [3.05, 3.63) is 63.1 Å². The number of hydrogen-bond donors (Lipinski definition) is 2. The highest BCUT2D eigenvalue weighted by Gasteiger charge is 2.48. The Morgan fingerprint density at radius 2 is 1.50 bits per heavy atom. The molecule has 0 amide bonds. The molecule has 1 fully saturated rings. The third-order valence-electron chi connectivity index (χ3n) is 6.05.